The molecule has 1 aliphatic rings. The molecule has 0 saturated carbocycles. The van der Waals surface area contributed by atoms with E-state index in [4.69, 9.17) is 11.6 Å². The van der Waals surface area contributed by atoms with Crippen LogP contribution in [0.5, 0.6) is 0 Å². The van der Waals surface area contributed by atoms with Crippen LogP contribution >= 0.6 is 23.4 Å². The smallest absolute Gasteiger partial charge is 0.339 e. The zero-order valence-electron chi connectivity index (χ0n) is 19.0. The topological polar surface area (TPSA) is 96.0 Å². The number of methoxy groups -OCH3 is 1. The third kappa shape index (κ3) is 5.78. The monoisotopic (exact) mass is 501 g/mol. The minimum atomic E-state index is -0.651. The molecule has 2 aromatic rings. The highest BCUT2D eigenvalue weighted by molar-refractivity contribution is 8.18. The molecule has 178 valence electrons. The molecule has 0 bridgehead atoms. The quantitative estimate of drug-likeness (QED) is 0.415. The number of carbonyl (C=O) groups excluding carboxylic acids is 4. The number of halogens is 1. The van der Waals surface area contributed by atoms with Gasteiger partial charge in [-0.3, -0.25) is 19.3 Å². The number of imide groups is 1. The minimum absolute atomic E-state index is 0.0862. The van der Waals surface area contributed by atoms with E-state index in [2.05, 4.69) is 28.8 Å². The van der Waals surface area contributed by atoms with Crippen LogP contribution in [0.15, 0.2) is 47.4 Å². The highest BCUT2D eigenvalue weighted by Crippen LogP contribution is 2.32. The predicted molar refractivity (Wildman–Crippen MR) is 134 cm³/mol. The van der Waals surface area contributed by atoms with Gasteiger partial charge in [0.2, 0.25) is 5.91 Å². The van der Waals surface area contributed by atoms with Crippen LogP contribution in [0.4, 0.5) is 16.2 Å². The number of esters is 1. The third-order valence-electron chi connectivity index (χ3n) is 5.15. The number of ether oxygens (including phenoxy) is 1. The Morgan fingerprint density at radius 3 is 2.41 bits per heavy atom. The van der Waals surface area contributed by atoms with Crippen LogP contribution < -0.4 is 10.2 Å². The van der Waals surface area contributed by atoms with Crippen LogP contribution in [0.25, 0.3) is 6.08 Å². The summed E-state index contributed by atoms with van der Waals surface area (Å²) in [5.41, 5.74) is 2.22. The number of hydrogen-bond acceptors (Lipinski definition) is 7. The van der Waals surface area contributed by atoms with Gasteiger partial charge < -0.3 is 15.0 Å². The summed E-state index contributed by atoms with van der Waals surface area (Å²) in [5, 5.41) is 2.21. The molecule has 34 heavy (non-hydrogen) atoms. The standard InChI is InChI=1S/C24H24ClN3O5S/c1-4-27(5-2)17-9-6-15(7-10-17)12-20-22(30)28(24(32)34-20)14-21(29)26-16-8-11-19(25)18(13-16)23(31)33-3/h6-13H,4-5,14H2,1-3H3,(H,26,29)/b20-12+. The molecular formula is C24H24ClN3O5S. The maximum absolute atomic E-state index is 12.8. The lowest BCUT2D eigenvalue weighted by Crippen LogP contribution is -2.36. The Morgan fingerprint density at radius 2 is 1.79 bits per heavy atom. The van der Waals surface area contributed by atoms with Crippen molar-refractivity contribution in [3.63, 3.8) is 0 Å². The van der Waals surface area contributed by atoms with Gasteiger partial charge in [-0.1, -0.05) is 23.7 Å². The van der Waals surface area contributed by atoms with Gasteiger partial charge in [-0.15, -0.1) is 0 Å². The summed E-state index contributed by atoms with van der Waals surface area (Å²) in [4.78, 5) is 52.7. The van der Waals surface area contributed by atoms with E-state index in [9.17, 15) is 19.2 Å². The molecule has 1 heterocycles. The van der Waals surface area contributed by atoms with E-state index in [1.807, 2.05) is 24.3 Å². The van der Waals surface area contributed by atoms with Crippen molar-refractivity contribution in [2.75, 3.05) is 37.0 Å². The fraction of sp³-hybridized carbons (Fsp3) is 0.250. The fourth-order valence-corrected chi connectivity index (χ4v) is 4.40. The molecule has 0 radical (unpaired) electrons. The number of hydrogen-bond donors (Lipinski definition) is 1. The van der Waals surface area contributed by atoms with Crippen molar-refractivity contribution in [3.8, 4) is 0 Å². The Morgan fingerprint density at radius 1 is 1.12 bits per heavy atom. The van der Waals surface area contributed by atoms with Crippen LogP contribution in [0, 0.1) is 0 Å². The number of anilines is 2. The van der Waals surface area contributed by atoms with Crippen molar-refractivity contribution < 1.29 is 23.9 Å². The molecule has 1 saturated heterocycles. The summed E-state index contributed by atoms with van der Waals surface area (Å²) in [5.74, 6) is -1.78. The molecule has 0 aliphatic carbocycles. The molecule has 3 rings (SSSR count). The normalized spacial score (nSPS) is 14.5. The van der Waals surface area contributed by atoms with Crippen molar-refractivity contribution in [2.45, 2.75) is 13.8 Å². The first kappa shape index (κ1) is 25.3. The Kier molecular flexibility index (Phi) is 8.36. The maximum Gasteiger partial charge on any atom is 0.339 e. The second kappa shape index (κ2) is 11.2. The van der Waals surface area contributed by atoms with Crippen LogP contribution in [-0.4, -0.2) is 54.7 Å². The van der Waals surface area contributed by atoms with Gasteiger partial charge in [0.05, 0.1) is 22.6 Å². The van der Waals surface area contributed by atoms with Crippen molar-refractivity contribution in [1.29, 1.82) is 0 Å². The molecule has 0 aromatic heterocycles. The van der Waals surface area contributed by atoms with Gasteiger partial charge in [0.15, 0.2) is 0 Å². The number of amides is 3. The maximum atomic E-state index is 12.8. The number of rotatable bonds is 8. The summed E-state index contributed by atoms with van der Waals surface area (Å²) >= 11 is 6.77. The van der Waals surface area contributed by atoms with E-state index in [0.717, 1.165) is 41.0 Å². The SMILES string of the molecule is CCN(CC)c1ccc(/C=C2/SC(=O)N(CC(=O)Nc3ccc(Cl)c(C(=O)OC)c3)C2=O)cc1. The molecule has 10 heteroatoms. The lowest BCUT2D eigenvalue weighted by molar-refractivity contribution is -0.127. The van der Waals surface area contributed by atoms with Crippen molar-refractivity contribution in [3.05, 3.63) is 63.5 Å². The molecule has 2 aromatic carbocycles. The predicted octanol–water partition coefficient (Wildman–Crippen LogP) is 4.65. The number of benzene rings is 2. The number of carbonyl (C=O) groups is 4. The molecule has 0 unspecified atom stereocenters. The van der Waals surface area contributed by atoms with Gasteiger partial charge in [-0.2, -0.15) is 0 Å². The van der Waals surface area contributed by atoms with E-state index >= 15 is 0 Å². The highest BCUT2D eigenvalue weighted by Gasteiger charge is 2.36. The Labute approximate surface area is 206 Å². The first-order chi connectivity index (χ1) is 16.3. The third-order valence-corrected chi connectivity index (χ3v) is 6.39. The molecule has 0 spiro atoms. The highest BCUT2D eigenvalue weighted by atomic mass is 35.5. The van der Waals surface area contributed by atoms with Crippen molar-refractivity contribution in [1.82, 2.24) is 4.90 Å². The second-order valence-corrected chi connectivity index (χ2v) is 8.67. The van der Waals surface area contributed by atoms with Crippen LogP contribution in [0.1, 0.15) is 29.8 Å². The second-order valence-electron chi connectivity index (χ2n) is 7.27. The molecular weight excluding hydrogens is 478 g/mol. The first-order valence-electron chi connectivity index (χ1n) is 10.6. The van der Waals surface area contributed by atoms with E-state index < -0.39 is 29.6 Å². The summed E-state index contributed by atoms with van der Waals surface area (Å²) in [7, 11) is 1.22. The van der Waals surface area contributed by atoms with Crippen LogP contribution in [0.2, 0.25) is 5.02 Å². The van der Waals surface area contributed by atoms with Crippen molar-refractivity contribution in [2.24, 2.45) is 0 Å². The lowest BCUT2D eigenvalue weighted by Gasteiger charge is -2.20. The number of nitrogens with zero attached hydrogens (tertiary/aromatic N) is 2. The summed E-state index contributed by atoms with van der Waals surface area (Å²) in [6.07, 6.45) is 1.64. The van der Waals surface area contributed by atoms with Crippen LogP contribution in [0.3, 0.4) is 0 Å². The number of nitrogens with one attached hydrogen (secondary N) is 1. The lowest BCUT2D eigenvalue weighted by atomic mass is 10.1. The molecule has 8 nitrogen and oxygen atoms in total. The van der Waals surface area contributed by atoms with E-state index in [1.165, 1.54) is 25.3 Å². The average molecular weight is 502 g/mol. The Hall–Kier alpha value is -3.30. The summed E-state index contributed by atoms with van der Waals surface area (Å²) in [6, 6.07) is 12.0. The van der Waals surface area contributed by atoms with E-state index in [-0.39, 0.29) is 21.2 Å². The van der Waals surface area contributed by atoms with Gasteiger partial charge >= 0.3 is 5.97 Å². The summed E-state index contributed by atoms with van der Waals surface area (Å²) in [6.45, 7) is 5.47. The zero-order chi connectivity index (χ0) is 24.8. The largest absolute Gasteiger partial charge is 0.465 e. The molecule has 1 fully saturated rings. The number of thioether (sulfide) groups is 1. The average Bonchev–Trinajstić information content (AvgIpc) is 3.08. The fourth-order valence-electron chi connectivity index (χ4n) is 3.37. The zero-order valence-corrected chi connectivity index (χ0v) is 20.5. The van der Waals surface area contributed by atoms with Gasteiger partial charge in [0, 0.05) is 24.5 Å². The molecule has 1 aliphatic heterocycles. The van der Waals surface area contributed by atoms with E-state index in [0.29, 0.717) is 0 Å². The first-order valence-corrected chi connectivity index (χ1v) is 11.7. The molecule has 1 N–H and O–H groups in total. The summed E-state index contributed by atoms with van der Waals surface area (Å²) < 4.78 is 4.66. The van der Waals surface area contributed by atoms with Gasteiger partial charge in [-0.25, -0.2) is 4.79 Å². The Balaban J connectivity index is 1.68. The molecule has 0 atom stereocenters. The Bertz CT molecular complexity index is 1150. The minimum Gasteiger partial charge on any atom is -0.465 e. The van der Waals surface area contributed by atoms with Gasteiger partial charge in [-0.05, 0) is 67.6 Å². The molecule has 3 amide bonds. The van der Waals surface area contributed by atoms with Crippen LogP contribution in [-0.2, 0) is 14.3 Å². The van der Waals surface area contributed by atoms with E-state index in [1.54, 1.807) is 6.08 Å². The van der Waals surface area contributed by atoms with Gasteiger partial charge in [0.1, 0.15) is 6.54 Å². The van der Waals surface area contributed by atoms with Crippen molar-refractivity contribution >= 4 is 63.8 Å². The van der Waals surface area contributed by atoms with Gasteiger partial charge in [0.25, 0.3) is 11.1 Å².